The van der Waals surface area contributed by atoms with E-state index in [0.717, 1.165) is 65.2 Å². The molecule has 1 heteroatoms. The Balaban J connectivity index is 1.11. The molecule has 0 amide bonds. The molecule has 0 aromatic rings. The molecule has 0 aliphatic heterocycles. The second-order valence-corrected chi connectivity index (χ2v) is 11.3. The van der Waals surface area contributed by atoms with Crippen LogP contribution in [0, 0.1) is 59.2 Å². The van der Waals surface area contributed by atoms with E-state index in [9.17, 15) is 0 Å². The van der Waals surface area contributed by atoms with Crippen molar-refractivity contribution in [3.05, 3.63) is 0 Å². The highest BCUT2D eigenvalue weighted by molar-refractivity contribution is 5.02. The highest BCUT2D eigenvalue weighted by Gasteiger charge is 2.51. The van der Waals surface area contributed by atoms with Crippen LogP contribution in [-0.4, -0.2) is 12.6 Å². The first-order valence-corrected chi connectivity index (χ1v) is 11.5. The van der Waals surface area contributed by atoms with Gasteiger partial charge in [0, 0.05) is 6.04 Å². The molecule has 0 saturated heterocycles. The highest BCUT2D eigenvalue weighted by atomic mass is 14.9. The van der Waals surface area contributed by atoms with Gasteiger partial charge in [-0.15, -0.1) is 0 Å². The van der Waals surface area contributed by atoms with Crippen LogP contribution in [0.4, 0.5) is 0 Å². The Kier molecular flexibility index (Phi) is 3.44. The van der Waals surface area contributed by atoms with Crippen molar-refractivity contribution in [1.82, 2.24) is 5.32 Å². The smallest absolute Gasteiger partial charge is 0.00724 e. The van der Waals surface area contributed by atoms with E-state index < -0.39 is 0 Å². The van der Waals surface area contributed by atoms with E-state index in [0.29, 0.717) is 0 Å². The molecule has 1 N–H and O–H groups in total. The number of hydrogen-bond donors (Lipinski definition) is 1. The maximum absolute atomic E-state index is 4.14. The third-order valence-electron chi connectivity index (χ3n) is 9.97. The molecule has 0 aromatic carbocycles. The van der Waals surface area contributed by atoms with Crippen LogP contribution in [0.1, 0.15) is 71.1 Å². The lowest BCUT2D eigenvalue weighted by Crippen LogP contribution is -2.54. The Labute approximate surface area is 148 Å². The van der Waals surface area contributed by atoms with Crippen LogP contribution in [0.3, 0.4) is 0 Å². The van der Waals surface area contributed by atoms with Crippen molar-refractivity contribution in [1.29, 1.82) is 0 Å². The quantitative estimate of drug-likeness (QED) is 0.756. The molecule has 24 heavy (non-hydrogen) atoms. The average molecular weight is 328 g/mol. The normalized spacial score (nSPS) is 58.4. The lowest BCUT2D eigenvalue weighted by molar-refractivity contribution is -0.0576. The fraction of sp³-hybridized carbons (Fsp3) is 1.00. The number of nitrogens with one attached hydrogen (secondary N) is 1. The van der Waals surface area contributed by atoms with Gasteiger partial charge < -0.3 is 5.32 Å². The summed E-state index contributed by atoms with van der Waals surface area (Å²) < 4.78 is 0. The van der Waals surface area contributed by atoms with Gasteiger partial charge in [0.05, 0.1) is 0 Å². The van der Waals surface area contributed by atoms with Crippen LogP contribution < -0.4 is 5.32 Å². The Morgan fingerprint density at radius 1 is 0.625 bits per heavy atom. The molecule has 134 valence electrons. The van der Waals surface area contributed by atoms with Crippen LogP contribution in [0.25, 0.3) is 0 Å². The lowest BCUT2D eigenvalue weighted by Gasteiger charge is -2.57. The van der Waals surface area contributed by atoms with Crippen molar-refractivity contribution in [2.75, 3.05) is 6.54 Å². The lowest BCUT2D eigenvalue weighted by atomic mass is 9.50. The van der Waals surface area contributed by atoms with Crippen LogP contribution >= 0.6 is 0 Å². The molecule has 0 heterocycles. The second-order valence-electron chi connectivity index (χ2n) is 11.3. The van der Waals surface area contributed by atoms with Crippen molar-refractivity contribution in [2.24, 2.45) is 59.2 Å². The van der Waals surface area contributed by atoms with Gasteiger partial charge in [-0.1, -0.05) is 0 Å². The van der Waals surface area contributed by atoms with Crippen LogP contribution in [0.5, 0.6) is 0 Å². The van der Waals surface area contributed by atoms with E-state index in [-0.39, 0.29) is 0 Å². The third kappa shape index (κ3) is 2.29. The standard InChI is InChI=1S/C23H37N/c1-13(23-20-8-16-3-17(10-20)11-21(23)9-16)24-12-22-18-4-14-2-15(6-18)7-19(22)5-14/h13-24H,2-12H2,1H3. The maximum atomic E-state index is 4.14. The van der Waals surface area contributed by atoms with E-state index in [1.165, 1.54) is 6.54 Å². The van der Waals surface area contributed by atoms with Crippen molar-refractivity contribution in [3.8, 4) is 0 Å². The Morgan fingerprint density at radius 3 is 1.50 bits per heavy atom. The van der Waals surface area contributed by atoms with Gasteiger partial charge in [-0.2, -0.15) is 0 Å². The van der Waals surface area contributed by atoms with E-state index >= 15 is 0 Å². The number of rotatable bonds is 4. The van der Waals surface area contributed by atoms with Gasteiger partial charge in [0.2, 0.25) is 0 Å². The Morgan fingerprint density at radius 2 is 1.04 bits per heavy atom. The fourth-order valence-electron chi connectivity index (χ4n) is 9.61. The molecule has 0 spiro atoms. The molecule has 8 aliphatic carbocycles. The molecule has 8 bridgehead atoms. The Hall–Kier alpha value is -0.0400. The summed E-state index contributed by atoms with van der Waals surface area (Å²) >= 11 is 0. The summed E-state index contributed by atoms with van der Waals surface area (Å²) in [6.07, 6.45) is 15.9. The van der Waals surface area contributed by atoms with Gasteiger partial charge >= 0.3 is 0 Å². The van der Waals surface area contributed by atoms with Crippen molar-refractivity contribution in [2.45, 2.75) is 77.2 Å². The molecule has 0 radical (unpaired) electrons. The molecule has 1 atom stereocenters. The first-order chi connectivity index (χ1) is 11.7. The van der Waals surface area contributed by atoms with Crippen LogP contribution in [-0.2, 0) is 0 Å². The van der Waals surface area contributed by atoms with E-state index in [1.54, 1.807) is 64.2 Å². The van der Waals surface area contributed by atoms with Gasteiger partial charge in [-0.25, -0.2) is 0 Å². The monoisotopic (exact) mass is 327 g/mol. The van der Waals surface area contributed by atoms with E-state index in [2.05, 4.69) is 12.2 Å². The summed E-state index contributed by atoms with van der Waals surface area (Å²) in [4.78, 5) is 0. The topological polar surface area (TPSA) is 12.0 Å². The summed E-state index contributed by atoms with van der Waals surface area (Å²) in [5.74, 6) is 10.9. The molecule has 8 fully saturated rings. The summed E-state index contributed by atoms with van der Waals surface area (Å²) in [7, 11) is 0. The minimum atomic E-state index is 0.789. The van der Waals surface area contributed by atoms with Crippen LogP contribution in [0.15, 0.2) is 0 Å². The van der Waals surface area contributed by atoms with E-state index in [4.69, 9.17) is 0 Å². The first kappa shape index (κ1) is 15.1. The zero-order valence-electron chi connectivity index (χ0n) is 15.6. The predicted octanol–water partition coefficient (Wildman–Crippen LogP) is 5.11. The van der Waals surface area contributed by atoms with Gasteiger partial charge in [0.15, 0.2) is 0 Å². The third-order valence-corrected chi connectivity index (χ3v) is 9.97. The van der Waals surface area contributed by atoms with Crippen molar-refractivity contribution >= 4 is 0 Å². The summed E-state index contributed by atoms with van der Waals surface area (Å²) in [6, 6.07) is 0.789. The zero-order chi connectivity index (χ0) is 15.8. The minimum absolute atomic E-state index is 0.789. The SMILES string of the molecule is CC(NCC1C2CC3CC(C2)CC1C3)C1C2CC3CC(C2)CC1C3. The van der Waals surface area contributed by atoms with Crippen molar-refractivity contribution < 1.29 is 0 Å². The molecule has 0 aromatic heterocycles. The maximum Gasteiger partial charge on any atom is 0.00724 e. The largest absolute Gasteiger partial charge is 0.314 e. The summed E-state index contributed by atoms with van der Waals surface area (Å²) in [6.45, 7) is 3.92. The average Bonchev–Trinajstić information content (AvgIpc) is 2.52. The van der Waals surface area contributed by atoms with Gasteiger partial charge in [-0.3, -0.25) is 0 Å². The fourth-order valence-corrected chi connectivity index (χ4v) is 9.61. The van der Waals surface area contributed by atoms with Crippen LogP contribution in [0.2, 0.25) is 0 Å². The zero-order valence-corrected chi connectivity index (χ0v) is 15.6. The molecule has 1 unspecified atom stereocenters. The molecule has 8 saturated carbocycles. The first-order valence-electron chi connectivity index (χ1n) is 11.5. The predicted molar refractivity (Wildman–Crippen MR) is 98.5 cm³/mol. The van der Waals surface area contributed by atoms with Gasteiger partial charge in [0.1, 0.15) is 0 Å². The molecule has 8 rings (SSSR count). The second kappa shape index (κ2) is 5.48. The summed E-state index contributed by atoms with van der Waals surface area (Å²) in [5.41, 5.74) is 0. The highest BCUT2D eigenvalue weighted by Crippen LogP contribution is 2.58. The van der Waals surface area contributed by atoms with Gasteiger partial charge in [-0.05, 0) is 137 Å². The molecular formula is C23H37N. The number of hydrogen-bond acceptors (Lipinski definition) is 1. The molecule has 1 nitrogen and oxygen atoms in total. The molecule has 8 aliphatic rings. The molecular weight excluding hydrogens is 290 g/mol. The summed E-state index contributed by atoms with van der Waals surface area (Å²) in [5, 5.41) is 4.14. The minimum Gasteiger partial charge on any atom is -0.314 e. The van der Waals surface area contributed by atoms with Gasteiger partial charge in [0.25, 0.3) is 0 Å². The van der Waals surface area contributed by atoms with Crippen molar-refractivity contribution in [3.63, 3.8) is 0 Å². The Bertz CT molecular complexity index is 440. The van der Waals surface area contributed by atoms with E-state index in [1.807, 2.05) is 0 Å².